The first-order valence-electron chi connectivity index (χ1n) is 6.47. The van der Waals surface area contributed by atoms with E-state index in [-0.39, 0.29) is 0 Å². The molecule has 0 aromatic heterocycles. The molecule has 0 spiro atoms. The van der Waals surface area contributed by atoms with Gasteiger partial charge in [-0.05, 0) is 57.8 Å². The monoisotopic (exact) mass is 241 g/mol. The van der Waals surface area contributed by atoms with E-state index in [4.69, 9.17) is 18.0 Å². The number of hydrogen-bond acceptors (Lipinski definition) is 3. The predicted molar refractivity (Wildman–Crippen MR) is 71.6 cm³/mol. The second kappa shape index (κ2) is 5.94. The van der Waals surface area contributed by atoms with Gasteiger partial charge in [0.05, 0.1) is 4.99 Å². The fourth-order valence-corrected chi connectivity index (χ4v) is 3.06. The van der Waals surface area contributed by atoms with Crippen LogP contribution < -0.4 is 5.73 Å². The summed E-state index contributed by atoms with van der Waals surface area (Å²) in [5.41, 5.74) is 5.57. The molecule has 3 nitrogen and oxygen atoms in total. The molecule has 2 heterocycles. The molecule has 2 saturated heterocycles. The van der Waals surface area contributed by atoms with Gasteiger partial charge in [0, 0.05) is 13.1 Å². The fraction of sp³-hybridized carbons (Fsp3) is 0.917. The van der Waals surface area contributed by atoms with Crippen LogP contribution >= 0.6 is 12.2 Å². The van der Waals surface area contributed by atoms with E-state index in [1.54, 1.807) is 0 Å². The van der Waals surface area contributed by atoms with Crippen molar-refractivity contribution in [3.8, 4) is 0 Å². The summed E-state index contributed by atoms with van der Waals surface area (Å²) in [5.74, 6) is 0.903. The first kappa shape index (κ1) is 12.3. The molecule has 2 N–H and O–H groups in total. The van der Waals surface area contributed by atoms with Gasteiger partial charge in [-0.3, -0.25) is 4.90 Å². The number of rotatable bonds is 4. The van der Waals surface area contributed by atoms with Crippen LogP contribution in [0.5, 0.6) is 0 Å². The maximum atomic E-state index is 5.57. The molecule has 92 valence electrons. The number of thiocarbonyl (C=S) groups is 1. The van der Waals surface area contributed by atoms with E-state index in [1.165, 1.54) is 58.4 Å². The molecular weight excluding hydrogens is 218 g/mol. The van der Waals surface area contributed by atoms with Gasteiger partial charge in [-0.25, -0.2) is 0 Å². The van der Waals surface area contributed by atoms with Crippen LogP contribution in [0.4, 0.5) is 0 Å². The number of hydrogen-bond donors (Lipinski definition) is 1. The van der Waals surface area contributed by atoms with Crippen molar-refractivity contribution in [2.75, 3.05) is 39.3 Å². The summed E-state index contributed by atoms with van der Waals surface area (Å²) in [4.78, 5) is 5.66. The van der Waals surface area contributed by atoms with Crippen molar-refractivity contribution in [3.63, 3.8) is 0 Å². The Morgan fingerprint density at radius 2 is 1.69 bits per heavy atom. The molecule has 0 aliphatic carbocycles. The van der Waals surface area contributed by atoms with Gasteiger partial charge >= 0.3 is 0 Å². The van der Waals surface area contributed by atoms with Crippen molar-refractivity contribution in [1.29, 1.82) is 0 Å². The summed E-state index contributed by atoms with van der Waals surface area (Å²) in [6.45, 7) is 7.14. The van der Waals surface area contributed by atoms with E-state index < -0.39 is 0 Å². The molecule has 0 aromatic rings. The molecule has 0 bridgehead atoms. The molecule has 0 unspecified atom stereocenters. The van der Waals surface area contributed by atoms with Gasteiger partial charge in [0.1, 0.15) is 0 Å². The minimum Gasteiger partial charge on any atom is -0.392 e. The van der Waals surface area contributed by atoms with Crippen LogP contribution in [-0.2, 0) is 0 Å². The summed E-state index contributed by atoms with van der Waals surface area (Å²) in [7, 11) is 0. The van der Waals surface area contributed by atoms with E-state index >= 15 is 0 Å². The van der Waals surface area contributed by atoms with Crippen molar-refractivity contribution in [2.45, 2.75) is 25.7 Å². The van der Waals surface area contributed by atoms with E-state index in [0.29, 0.717) is 4.99 Å². The van der Waals surface area contributed by atoms with Crippen LogP contribution in [0.25, 0.3) is 0 Å². The Morgan fingerprint density at radius 3 is 2.25 bits per heavy atom. The Kier molecular flexibility index (Phi) is 4.55. The van der Waals surface area contributed by atoms with Crippen LogP contribution in [0, 0.1) is 5.92 Å². The average Bonchev–Trinajstić information content (AvgIpc) is 2.73. The lowest BCUT2D eigenvalue weighted by atomic mass is 9.96. The van der Waals surface area contributed by atoms with E-state index in [9.17, 15) is 0 Å². The Balaban J connectivity index is 1.66. The van der Waals surface area contributed by atoms with Gasteiger partial charge < -0.3 is 10.6 Å². The standard InChI is InChI=1S/C12H23N3S/c13-12(16)10-15-7-3-11(4-8-15)9-14-5-1-2-6-14/h11H,1-10H2,(H2,13,16). The molecule has 2 aliphatic heterocycles. The fourth-order valence-electron chi connectivity index (χ4n) is 2.88. The van der Waals surface area contributed by atoms with E-state index in [2.05, 4.69) is 9.80 Å². The lowest BCUT2D eigenvalue weighted by Crippen LogP contribution is -2.41. The highest BCUT2D eigenvalue weighted by Crippen LogP contribution is 2.20. The molecule has 16 heavy (non-hydrogen) atoms. The molecular formula is C12H23N3S. The highest BCUT2D eigenvalue weighted by Gasteiger charge is 2.22. The van der Waals surface area contributed by atoms with Crippen molar-refractivity contribution in [3.05, 3.63) is 0 Å². The molecule has 2 rings (SSSR count). The molecule has 0 radical (unpaired) electrons. The predicted octanol–water partition coefficient (Wildman–Crippen LogP) is 1.08. The summed E-state index contributed by atoms with van der Waals surface area (Å²) >= 11 is 4.95. The third kappa shape index (κ3) is 3.68. The summed E-state index contributed by atoms with van der Waals surface area (Å²) < 4.78 is 0. The Hall–Kier alpha value is -0.190. The van der Waals surface area contributed by atoms with Gasteiger partial charge in [-0.2, -0.15) is 0 Å². The van der Waals surface area contributed by atoms with Gasteiger partial charge in [0.25, 0.3) is 0 Å². The zero-order chi connectivity index (χ0) is 11.4. The van der Waals surface area contributed by atoms with Crippen LogP contribution in [0.3, 0.4) is 0 Å². The summed E-state index contributed by atoms with van der Waals surface area (Å²) in [6.07, 6.45) is 5.44. The third-order valence-electron chi connectivity index (χ3n) is 3.80. The van der Waals surface area contributed by atoms with Crippen LogP contribution in [-0.4, -0.2) is 54.1 Å². The Labute approximate surface area is 104 Å². The second-order valence-electron chi connectivity index (χ2n) is 5.19. The Bertz CT molecular complexity index is 230. The van der Waals surface area contributed by atoms with Crippen molar-refractivity contribution in [2.24, 2.45) is 11.7 Å². The smallest absolute Gasteiger partial charge is 0.0870 e. The first-order valence-corrected chi connectivity index (χ1v) is 6.88. The molecule has 4 heteroatoms. The quantitative estimate of drug-likeness (QED) is 0.747. The highest BCUT2D eigenvalue weighted by molar-refractivity contribution is 7.80. The minimum absolute atomic E-state index is 0.637. The largest absolute Gasteiger partial charge is 0.392 e. The normalized spacial score (nSPS) is 25.0. The van der Waals surface area contributed by atoms with Crippen molar-refractivity contribution in [1.82, 2.24) is 9.80 Å². The van der Waals surface area contributed by atoms with E-state index in [1.807, 2.05) is 0 Å². The molecule has 0 saturated carbocycles. The van der Waals surface area contributed by atoms with Crippen LogP contribution in [0.2, 0.25) is 0 Å². The topological polar surface area (TPSA) is 32.5 Å². The molecule has 2 fully saturated rings. The molecule has 0 amide bonds. The maximum Gasteiger partial charge on any atom is 0.0870 e. The maximum absolute atomic E-state index is 5.57. The zero-order valence-electron chi connectivity index (χ0n) is 10.0. The highest BCUT2D eigenvalue weighted by atomic mass is 32.1. The third-order valence-corrected chi connectivity index (χ3v) is 3.93. The van der Waals surface area contributed by atoms with Gasteiger partial charge in [-0.1, -0.05) is 12.2 Å². The summed E-state index contributed by atoms with van der Waals surface area (Å²) in [5, 5.41) is 0. The zero-order valence-corrected chi connectivity index (χ0v) is 10.8. The summed E-state index contributed by atoms with van der Waals surface area (Å²) in [6, 6.07) is 0. The molecule has 0 aromatic carbocycles. The number of likely N-dealkylation sites (tertiary alicyclic amines) is 2. The van der Waals surface area contributed by atoms with Gasteiger partial charge in [0.15, 0.2) is 0 Å². The Morgan fingerprint density at radius 1 is 1.06 bits per heavy atom. The van der Waals surface area contributed by atoms with Crippen molar-refractivity contribution >= 4 is 17.2 Å². The number of nitrogens with zero attached hydrogens (tertiary/aromatic N) is 2. The van der Waals surface area contributed by atoms with Crippen LogP contribution in [0.1, 0.15) is 25.7 Å². The van der Waals surface area contributed by atoms with Crippen molar-refractivity contribution < 1.29 is 0 Å². The molecule has 0 atom stereocenters. The number of nitrogens with two attached hydrogens (primary N) is 1. The van der Waals surface area contributed by atoms with E-state index in [0.717, 1.165) is 12.5 Å². The SMILES string of the molecule is NC(=S)CN1CCC(CN2CCCC2)CC1. The first-order chi connectivity index (χ1) is 7.74. The average molecular weight is 241 g/mol. The minimum atomic E-state index is 0.637. The lowest BCUT2D eigenvalue weighted by Gasteiger charge is -2.33. The molecule has 2 aliphatic rings. The van der Waals surface area contributed by atoms with Gasteiger partial charge in [0.2, 0.25) is 0 Å². The van der Waals surface area contributed by atoms with Crippen LogP contribution in [0.15, 0.2) is 0 Å². The lowest BCUT2D eigenvalue weighted by molar-refractivity contribution is 0.168. The number of piperidine rings is 1. The second-order valence-corrected chi connectivity index (χ2v) is 5.72. The van der Waals surface area contributed by atoms with Gasteiger partial charge in [-0.15, -0.1) is 0 Å².